The van der Waals surface area contributed by atoms with Crippen LogP contribution in [0.3, 0.4) is 0 Å². The van der Waals surface area contributed by atoms with Crippen molar-refractivity contribution in [2.45, 2.75) is 19.8 Å². The van der Waals surface area contributed by atoms with Crippen LogP contribution in [0.25, 0.3) is 10.9 Å². The minimum absolute atomic E-state index is 0.187. The lowest BCUT2D eigenvalue weighted by Crippen LogP contribution is -2.31. The summed E-state index contributed by atoms with van der Waals surface area (Å²) in [7, 11) is 0. The predicted octanol–water partition coefficient (Wildman–Crippen LogP) is 2.58. The fourth-order valence-corrected chi connectivity index (χ4v) is 3.96. The van der Waals surface area contributed by atoms with Crippen molar-refractivity contribution < 1.29 is 4.79 Å². The molecular formula is C18H23N3O. The second kappa shape index (κ2) is 5.13. The van der Waals surface area contributed by atoms with Gasteiger partial charge in [-0.25, -0.2) is 0 Å². The van der Waals surface area contributed by atoms with Gasteiger partial charge in [-0.1, -0.05) is 13.8 Å². The Bertz CT molecular complexity index is 706. The number of hydrogen-bond donors (Lipinski definition) is 2. The number of aromatic amines is 1. The number of fused-ring (bicyclic) bond motifs is 2. The van der Waals surface area contributed by atoms with Gasteiger partial charge in [0.1, 0.15) is 0 Å². The quantitative estimate of drug-likeness (QED) is 0.895. The zero-order valence-corrected chi connectivity index (χ0v) is 13.2. The summed E-state index contributed by atoms with van der Waals surface area (Å²) in [6, 6.07) is 6.06. The largest absolute Gasteiger partial charge is 0.361 e. The molecule has 0 spiro atoms. The first-order chi connectivity index (χ1) is 10.6. The van der Waals surface area contributed by atoms with E-state index in [1.165, 1.54) is 10.9 Å². The summed E-state index contributed by atoms with van der Waals surface area (Å²) in [6.45, 7) is 8.29. The molecule has 0 bridgehead atoms. The molecule has 2 atom stereocenters. The van der Waals surface area contributed by atoms with Crippen LogP contribution in [0.1, 0.15) is 35.7 Å². The maximum Gasteiger partial charge on any atom is 0.253 e. The van der Waals surface area contributed by atoms with Gasteiger partial charge in [-0.05, 0) is 41.5 Å². The molecule has 4 nitrogen and oxygen atoms in total. The first-order valence-electron chi connectivity index (χ1n) is 8.24. The Morgan fingerprint density at radius 1 is 1.23 bits per heavy atom. The van der Waals surface area contributed by atoms with Gasteiger partial charge in [-0.2, -0.15) is 0 Å². The number of likely N-dealkylation sites (tertiary alicyclic amines) is 1. The lowest BCUT2D eigenvalue weighted by atomic mass is 10.0. The van der Waals surface area contributed by atoms with Gasteiger partial charge in [0.2, 0.25) is 0 Å². The fraction of sp³-hybridized carbons (Fsp3) is 0.500. The highest BCUT2D eigenvalue weighted by Gasteiger charge is 2.38. The topological polar surface area (TPSA) is 48.1 Å². The lowest BCUT2D eigenvalue weighted by molar-refractivity contribution is 0.0782. The number of aromatic nitrogens is 1. The van der Waals surface area contributed by atoms with E-state index in [1.807, 2.05) is 17.0 Å². The molecule has 116 valence electrons. The molecule has 2 aliphatic heterocycles. The third-order valence-electron chi connectivity index (χ3n) is 5.26. The molecule has 4 rings (SSSR count). The molecule has 2 fully saturated rings. The molecule has 22 heavy (non-hydrogen) atoms. The van der Waals surface area contributed by atoms with Crippen molar-refractivity contribution in [1.82, 2.24) is 15.2 Å². The van der Waals surface area contributed by atoms with Crippen LogP contribution >= 0.6 is 0 Å². The first kappa shape index (κ1) is 13.8. The number of carbonyl (C=O) groups excluding carboxylic acids is 1. The van der Waals surface area contributed by atoms with Crippen molar-refractivity contribution in [3.05, 3.63) is 35.5 Å². The molecule has 3 heterocycles. The summed E-state index contributed by atoms with van der Waals surface area (Å²) >= 11 is 0. The Hall–Kier alpha value is -1.81. The summed E-state index contributed by atoms with van der Waals surface area (Å²) in [5, 5.41) is 4.60. The summed E-state index contributed by atoms with van der Waals surface area (Å²) in [5.41, 5.74) is 3.22. The van der Waals surface area contributed by atoms with E-state index in [0.717, 1.165) is 37.3 Å². The van der Waals surface area contributed by atoms with E-state index in [9.17, 15) is 4.79 Å². The molecule has 4 heteroatoms. The summed E-state index contributed by atoms with van der Waals surface area (Å²) in [4.78, 5) is 18.2. The lowest BCUT2D eigenvalue weighted by Gasteiger charge is -2.17. The van der Waals surface area contributed by atoms with Gasteiger partial charge in [0.15, 0.2) is 0 Å². The van der Waals surface area contributed by atoms with Gasteiger partial charge >= 0.3 is 0 Å². The van der Waals surface area contributed by atoms with Gasteiger partial charge < -0.3 is 15.2 Å². The molecule has 2 saturated heterocycles. The van der Waals surface area contributed by atoms with Crippen LogP contribution in [0.15, 0.2) is 24.4 Å². The van der Waals surface area contributed by atoms with Crippen molar-refractivity contribution >= 4 is 16.8 Å². The summed E-state index contributed by atoms with van der Waals surface area (Å²) in [6.07, 6.45) is 2.06. The monoisotopic (exact) mass is 297 g/mol. The van der Waals surface area contributed by atoms with Crippen molar-refractivity contribution in [3.63, 3.8) is 0 Å². The van der Waals surface area contributed by atoms with E-state index < -0.39 is 0 Å². The van der Waals surface area contributed by atoms with Gasteiger partial charge in [0, 0.05) is 48.8 Å². The van der Waals surface area contributed by atoms with E-state index in [0.29, 0.717) is 17.8 Å². The number of H-pyrrole nitrogens is 1. The molecule has 2 aromatic rings. The van der Waals surface area contributed by atoms with Crippen molar-refractivity contribution in [2.75, 3.05) is 26.2 Å². The van der Waals surface area contributed by atoms with Crippen LogP contribution in [0.4, 0.5) is 0 Å². The Kier molecular flexibility index (Phi) is 3.22. The third-order valence-corrected chi connectivity index (χ3v) is 5.26. The number of benzene rings is 1. The van der Waals surface area contributed by atoms with Gasteiger partial charge in [0.25, 0.3) is 5.91 Å². The SMILES string of the molecule is CC(C)c1c[nH]c2ccc(C(=O)N3CC4CNCC4C3)cc12. The molecular weight excluding hydrogens is 274 g/mol. The van der Waals surface area contributed by atoms with Crippen LogP contribution in [0.5, 0.6) is 0 Å². The molecule has 1 aromatic carbocycles. The maximum absolute atomic E-state index is 12.8. The molecule has 2 unspecified atom stereocenters. The summed E-state index contributed by atoms with van der Waals surface area (Å²) < 4.78 is 0. The number of nitrogens with zero attached hydrogens (tertiary/aromatic N) is 1. The zero-order valence-electron chi connectivity index (χ0n) is 13.2. The fourth-order valence-electron chi connectivity index (χ4n) is 3.96. The number of hydrogen-bond acceptors (Lipinski definition) is 2. The van der Waals surface area contributed by atoms with Crippen LogP contribution < -0.4 is 5.32 Å². The van der Waals surface area contributed by atoms with Gasteiger partial charge in [-0.3, -0.25) is 4.79 Å². The molecule has 0 aliphatic carbocycles. The summed E-state index contributed by atoms with van der Waals surface area (Å²) in [5.74, 6) is 1.93. The maximum atomic E-state index is 12.8. The van der Waals surface area contributed by atoms with Gasteiger partial charge in [-0.15, -0.1) is 0 Å². The number of amides is 1. The Balaban J connectivity index is 1.63. The highest BCUT2D eigenvalue weighted by molar-refractivity contribution is 5.99. The number of carbonyl (C=O) groups is 1. The normalized spacial score (nSPS) is 24.4. The molecule has 1 aromatic heterocycles. The van der Waals surface area contributed by atoms with E-state index in [4.69, 9.17) is 0 Å². The first-order valence-corrected chi connectivity index (χ1v) is 8.24. The number of nitrogens with one attached hydrogen (secondary N) is 2. The zero-order chi connectivity index (χ0) is 15.3. The highest BCUT2D eigenvalue weighted by atomic mass is 16.2. The molecule has 1 amide bonds. The Labute approximate surface area is 130 Å². The van der Waals surface area contributed by atoms with E-state index in [-0.39, 0.29) is 5.91 Å². The Morgan fingerprint density at radius 2 is 1.95 bits per heavy atom. The van der Waals surface area contributed by atoms with E-state index in [2.05, 4.69) is 36.4 Å². The standard InChI is InChI=1S/C18H23N3O/c1-11(2)16-8-20-17-4-3-12(5-15(16)17)18(22)21-9-13-6-19-7-14(13)10-21/h3-5,8,11,13-14,19-20H,6-7,9-10H2,1-2H3. The molecule has 0 saturated carbocycles. The molecule has 2 N–H and O–H groups in total. The van der Waals surface area contributed by atoms with E-state index >= 15 is 0 Å². The van der Waals surface area contributed by atoms with Crippen molar-refractivity contribution in [1.29, 1.82) is 0 Å². The van der Waals surface area contributed by atoms with E-state index in [1.54, 1.807) is 0 Å². The Morgan fingerprint density at radius 3 is 2.64 bits per heavy atom. The van der Waals surface area contributed by atoms with Crippen LogP contribution in [0, 0.1) is 11.8 Å². The predicted molar refractivity (Wildman–Crippen MR) is 88.1 cm³/mol. The van der Waals surface area contributed by atoms with Gasteiger partial charge in [0.05, 0.1) is 0 Å². The molecule has 2 aliphatic rings. The average Bonchev–Trinajstić information content (AvgIpc) is 3.19. The van der Waals surface area contributed by atoms with Crippen molar-refractivity contribution in [3.8, 4) is 0 Å². The third kappa shape index (κ3) is 2.13. The van der Waals surface area contributed by atoms with Crippen LogP contribution in [-0.4, -0.2) is 42.0 Å². The second-order valence-corrected chi connectivity index (χ2v) is 7.05. The smallest absolute Gasteiger partial charge is 0.253 e. The minimum Gasteiger partial charge on any atom is -0.361 e. The second-order valence-electron chi connectivity index (χ2n) is 7.05. The molecule has 0 radical (unpaired) electrons. The van der Waals surface area contributed by atoms with Crippen molar-refractivity contribution in [2.24, 2.45) is 11.8 Å². The number of rotatable bonds is 2. The van der Waals surface area contributed by atoms with Crippen LogP contribution in [0.2, 0.25) is 0 Å². The average molecular weight is 297 g/mol. The highest BCUT2D eigenvalue weighted by Crippen LogP contribution is 2.29. The van der Waals surface area contributed by atoms with Crippen LogP contribution in [-0.2, 0) is 0 Å². The minimum atomic E-state index is 0.187.